The number of nitrogens with two attached hydrogens (primary N) is 1. The predicted octanol–water partition coefficient (Wildman–Crippen LogP) is 2.11. The summed E-state index contributed by atoms with van der Waals surface area (Å²) in [6.45, 7) is 0. The molecule has 1 aliphatic carbocycles. The lowest BCUT2D eigenvalue weighted by Gasteiger charge is -2.31. The van der Waals surface area contributed by atoms with Crippen LogP contribution < -0.4 is 5.73 Å². The van der Waals surface area contributed by atoms with Gasteiger partial charge in [0, 0.05) is 6.04 Å². The van der Waals surface area contributed by atoms with E-state index in [-0.39, 0.29) is 6.04 Å². The van der Waals surface area contributed by atoms with Crippen molar-refractivity contribution in [3.8, 4) is 0 Å². The lowest BCUT2D eigenvalue weighted by molar-refractivity contribution is 0.270. The minimum Gasteiger partial charge on any atom is -0.327 e. The van der Waals surface area contributed by atoms with Gasteiger partial charge >= 0.3 is 0 Å². The Balaban J connectivity index is 1.78. The smallest absolute Gasteiger partial charge is 0.150 e. The molecule has 1 heterocycles. The molecule has 0 aromatic rings. The third-order valence-corrected chi connectivity index (χ3v) is 6.25. The van der Waals surface area contributed by atoms with Gasteiger partial charge in [0.15, 0.2) is 0 Å². The number of hydrogen-bond acceptors (Lipinski definition) is 3. The van der Waals surface area contributed by atoms with Crippen LogP contribution in [-0.2, 0) is 9.84 Å². The maximum atomic E-state index is 11.4. The first-order valence-corrected chi connectivity index (χ1v) is 8.85. The zero-order chi connectivity index (χ0) is 12.3. The number of hydrogen-bond donors (Lipinski definition) is 1. The molecule has 0 amide bonds. The van der Waals surface area contributed by atoms with Crippen molar-refractivity contribution in [3.63, 3.8) is 0 Å². The minimum absolute atomic E-state index is 0.230. The van der Waals surface area contributed by atoms with E-state index in [0.29, 0.717) is 17.4 Å². The molecule has 1 atom stereocenters. The highest BCUT2D eigenvalue weighted by Gasteiger charge is 2.29. The normalized spacial score (nSPS) is 29.0. The van der Waals surface area contributed by atoms with Crippen LogP contribution in [0.2, 0.25) is 0 Å². The van der Waals surface area contributed by atoms with E-state index in [1.54, 1.807) is 0 Å². The van der Waals surface area contributed by atoms with Gasteiger partial charge in [-0.3, -0.25) is 0 Å². The molecule has 1 saturated heterocycles. The van der Waals surface area contributed by atoms with Gasteiger partial charge in [0.1, 0.15) is 9.84 Å². The zero-order valence-corrected chi connectivity index (χ0v) is 11.4. The zero-order valence-electron chi connectivity index (χ0n) is 10.6. The van der Waals surface area contributed by atoms with Crippen molar-refractivity contribution in [2.45, 2.75) is 57.4 Å². The molecule has 0 aromatic heterocycles. The van der Waals surface area contributed by atoms with Gasteiger partial charge in [-0.2, -0.15) is 0 Å². The van der Waals surface area contributed by atoms with Crippen LogP contribution in [0, 0.1) is 11.8 Å². The highest BCUT2D eigenvalue weighted by Crippen LogP contribution is 2.31. The van der Waals surface area contributed by atoms with Crippen molar-refractivity contribution in [2.75, 3.05) is 11.5 Å². The summed E-state index contributed by atoms with van der Waals surface area (Å²) in [6.07, 6.45) is 9.45. The van der Waals surface area contributed by atoms with E-state index in [9.17, 15) is 8.42 Å². The van der Waals surface area contributed by atoms with Crippen molar-refractivity contribution < 1.29 is 8.42 Å². The molecule has 1 aliphatic heterocycles. The average molecular weight is 259 g/mol. The van der Waals surface area contributed by atoms with Gasteiger partial charge in [0.2, 0.25) is 0 Å². The Hall–Kier alpha value is -0.0900. The summed E-state index contributed by atoms with van der Waals surface area (Å²) in [6, 6.07) is 0.230. The first kappa shape index (κ1) is 13.3. The first-order chi connectivity index (χ1) is 8.07. The summed E-state index contributed by atoms with van der Waals surface area (Å²) in [7, 11) is -2.74. The summed E-state index contributed by atoms with van der Waals surface area (Å²) in [5, 5.41) is 0. The van der Waals surface area contributed by atoms with Gasteiger partial charge in [-0.25, -0.2) is 8.42 Å². The molecule has 100 valence electrons. The third-order valence-electron chi connectivity index (χ3n) is 4.54. The van der Waals surface area contributed by atoms with Crippen molar-refractivity contribution in [1.29, 1.82) is 0 Å². The van der Waals surface area contributed by atoms with Crippen LogP contribution in [0.25, 0.3) is 0 Å². The van der Waals surface area contributed by atoms with Gasteiger partial charge in [-0.1, -0.05) is 32.1 Å². The van der Waals surface area contributed by atoms with Crippen LogP contribution in [0.5, 0.6) is 0 Å². The fraction of sp³-hybridized carbons (Fsp3) is 1.00. The molecular weight excluding hydrogens is 234 g/mol. The minimum atomic E-state index is -2.74. The van der Waals surface area contributed by atoms with E-state index >= 15 is 0 Å². The second kappa shape index (κ2) is 5.70. The Morgan fingerprint density at radius 2 is 1.59 bits per heavy atom. The summed E-state index contributed by atoms with van der Waals surface area (Å²) in [5.41, 5.74) is 6.27. The SMILES string of the molecule is NC(CC1CCCCC1)C1CCS(=O)(=O)CC1. The van der Waals surface area contributed by atoms with Gasteiger partial charge in [-0.15, -0.1) is 0 Å². The molecular formula is C13H25NO2S. The Morgan fingerprint density at radius 1 is 1.00 bits per heavy atom. The molecule has 3 nitrogen and oxygen atoms in total. The molecule has 2 N–H and O–H groups in total. The summed E-state index contributed by atoms with van der Waals surface area (Å²) < 4.78 is 22.7. The van der Waals surface area contributed by atoms with Crippen LogP contribution in [0.4, 0.5) is 0 Å². The molecule has 17 heavy (non-hydrogen) atoms. The van der Waals surface area contributed by atoms with Gasteiger partial charge in [0.25, 0.3) is 0 Å². The molecule has 0 spiro atoms. The lowest BCUT2D eigenvalue weighted by atomic mass is 9.81. The molecule has 2 fully saturated rings. The standard InChI is InChI=1S/C13H25NO2S/c14-13(10-11-4-2-1-3-5-11)12-6-8-17(15,16)9-7-12/h11-13H,1-10,14H2. The average Bonchev–Trinajstić information content (AvgIpc) is 2.30. The maximum Gasteiger partial charge on any atom is 0.150 e. The third kappa shape index (κ3) is 3.95. The lowest BCUT2D eigenvalue weighted by Crippen LogP contribution is -2.38. The van der Waals surface area contributed by atoms with Crippen LogP contribution >= 0.6 is 0 Å². The molecule has 0 aromatic carbocycles. The Kier molecular flexibility index (Phi) is 4.47. The molecule has 2 rings (SSSR count). The van der Waals surface area contributed by atoms with Crippen molar-refractivity contribution in [1.82, 2.24) is 0 Å². The van der Waals surface area contributed by atoms with E-state index in [1.165, 1.54) is 32.1 Å². The second-order valence-corrected chi connectivity index (χ2v) is 8.20. The van der Waals surface area contributed by atoms with E-state index in [4.69, 9.17) is 5.73 Å². The highest BCUT2D eigenvalue weighted by atomic mass is 32.2. The van der Waals surface area contributed by atoms with E-state index < -0.39 is 9.84 Å². The summed E-state index contributed by atoms with van der Waals surface area (Å²) >= 11 is 0. The van der Waals surface area contributed by atoms with Crippen LogP contribution in [-0.4, -0.2) is 26.0 Å². The first-order valence-electron chi connectivity index (χ1n) is 7.03. The van der Waals surface area contributed by atoms with Crippen molar-refractivity contribution >= 4 is 9.84 Å². The Morgan fingerprint density at radius 3 is 2.18 bits per heavy atom. The molecule has 1 saturated carbocycles. The summed E-state index contributed by atoms with van der Waals surface area (Å²) in [4.78, 5) is 0. The van der Waals surface area contributed by atoms with Gasteiger partial charge in [0.05, 0.1) is 11.5 Å². The predicted molar refractivity (Wildman–Crippen MR) is 70.5 cm³/mol. The monoisotopic (exact) mass is 259 g/mol. The molecule has 2 aliphatic rings. The fourth-order valence-electron chi connectivity index (χ4n) is 3.34. The number of rotatable bonds is 3. The van der Waals surface area contributed by atoms with Crippen LogP contribution in [0.1, 0.15) is 51.4 Å². The van der Waals surface area contributed by atoms with Crippen LogP contribution in [0.15, 0.2) is 0 Å². The molecule has 1 unspecified atom stereocenters. The highest BCUT2D eigenvalue weighted by molar-refractivity contribution is 7.91. The van der Waals surface area contributed by atoms with Crippen molar-refractivity contribution in [2.24, 2.45) is 17.6 Å². The maximum absolute atomic E-state index is 11.4. The van der Waals surface area contributed by atoms with Gasteiger partial charge in [-0.05, 0) is 31.1 Å². The summed E-state index contributed by atoms with van der Waals surface area (Å²) in [5.74, 6) is 1.96. The van der Waals surface area contributed by atoms with Crippen LogP contribution in [0.3, 0.4) is 0 Å². The molecule has 0 radical (unpaired) electrons. The van der Waals surface area contributed by atoms with E-state index in [1.807, 2.05) is 0 Å². The molecule has 4 heteroatoms. The molecule has 0 bridgehead atoms. The van der Waals surface area contributed by atoms with Gasteiger partial charge < -0.3 is 5.73 Å². The van der Waals surface area contributed by atoms with Crippen molar-refractivity contribution in [3.05, 3.63) is 0 Å². The Labute approximate surface area is 105 Å². The fourth-order valence-corrected chi connectivity index (χ4v) is 4.86. The van der Waals surface area contributed by atoms with E-state index in [2.05, 4.69) is 0 Å². The second-order valence-electron chi connectivity index (χ2n) is 5.89. The largest absolute Gasteiger partial charge is 0.327 e. The van der Waals surface area contributed by atoms with E-state index in [0.717, 1.165) is 25.2 Å². The number of sulfone groups is 1. The Bertz CT molecular complexity index is 319. The topological polar surface area (TPSA) is 60.2 Å². The quantitative estimate of drug-likeness (QED) is 0.844.